The summed E-state index contributed by atoms with van der Waals surface area (Å²) in [6, 6.07) is 0.645. The first-order chi connectivity index (χ1) is 11.1. The quantitative estimate of drug-likeness (QED) is 0.795. The minimum absolute atomic E-state index is 0.158. The molecule has 136 valence electrons. The first kappa shape index (κ1) is 19.1. The Hall–Kier alpha value is -1.21. The number of piperidine rings is 1. The van der Waals surface area contributed by atoms with Crippen molar-refractivity contribution in [3.63, 3.8) is 0 Å². The average molecular weight is 335 g/mol. The second kappa shape index (κ2) is 7.35. The highest BCUT2D eigenvalue weighted by Crippen LogP contribution is 2.36. The maximum absolute atomic E-state index is 12.7. The van der Waals surface area contributed by atoms with Crippen LogP contribution in [-0.2, 0) is 4.74 Å². The molecule has 2 fully saturated rings. The van der Waals surface area contributed by atoms with Crippen LogP contribution in [0.3, 0.4) is 0 Å². The number of rotatable bonds is 3. The highest BCUT2D eigenvalue weighted by Gasteiger charge is 2.41. The Morgan fingerprint density at radius 2 is 1.83 bits per heavy atom. The number of hydrogen-bond donors (Lipinski definition) is 1. The maximum Gasteiger partial charge on any atom is 0.410 e. The molecule has 1 aliphatic carbocycles. The number of nitrogens with one attached hydrogen (secondary N) is 1. The fourth-order valence-corrected chi connectivity index (χ4v) is 4.08. The van der Waals surface area contributed by atoms with Crippen LogP contribution < -0.4 is 5.32 Å². The zero-order valence-corrected chi connectivity index (χ0v) is 16.0. The third kappa shape index (κ3) is 4.89. The van der Waals surface area contributed by atoms with E-state index in [0.29, 0.717) is 12.0 Å². The molecule has 3 unspecified atom stereocenters. The molecule has 1 saturated heterocycles. The predicted octanol–water partition coefficient (Wildman–Crippen LogP) is 3.95. The molecular formula is C20H34N2O2. The topological polar surface area (TPSA) is 41.6 Å². The van der Waals surface area contributed by atoms with Gasteiger partial charge in [0.1, 0.15) is 5.60 Å². The summed E-state index contributed by atoms with van der Waals surface area (Å²) in [7, 11) is 0. The van der Waals surface area contributed by atoms with E-state index in [1.54, 1.807) is 0 Å². The van der Waals surface area contributed by atoms with Crippen molar-refractivity contribution in [1.82, 2.24) is 10.2 Å². The van der Waals surface area contributed by atoms with Gasteiger partial charge in [-0.25, -0.2) is 4.79 Å². The van der Waals surface area contributed by atoms with Gasteiger partial charge in [-0.3, -0.25) is 5.32 Å². The van der Waals surface area contributed by atoms with Gasteiger partial charge < -0.3 is 9.64 Å². The standard InChI is InChI=1S/C20H34N2O2/c1-7-20(5,6)21-16-12-10-11-15(16)17-13-8-9-14-22(17)18(23)24-19(2,3)4/h1,15-17,21H,8-14H2,2-6H3. The molecule has 0 aromatic carbocycles. The van der Waals surface area contributed by atoms with Gasteiger partial charge in [-0.2, -0.15) is 0 Å². The van der Waals surface area contributed by atoms with Crippen LogP contribution in [0.5, 0.6) is 0 Å². The number of hydrogen-bond acceptors (Lipinski definition) is 3. The van der Waals surface area contributed by atoms with E-state index in [1.165, 1.54) is 12.8 Å². The highest BCUT2D eigenvalue weighted by molar-refractivity contribution is 5.68. The Balaban J connectivity index is 2.11. The van der Waals surface area contributed by atoms with Gasteiger partial charge in [0.05, 0.1) is 5.54 Å². The summed E-state index contributed by atoms with van der Waals surface area (Å²) in [6.07, 6.45) is 12.3. The van der Waals surface area contributed by atoms with Crippen molar-refractivity contribution in [3.05, 3.63) is 0 Å². The van der Waals surface area contributed by atoms with Gasteiger partial charge in [0.2, 0.25) is 0 Å². The molecule has 0 aromatic rings. The Bertz CT molecular complexity index is 487. The van der Waals surface area contributed by atoms with Gasteiger partial charge in [-0.05, 0) is 72.6 Å². The molecule has 0 bridgehead atoms. The van der Waals surface area contributed by atoms with Gasteiger partial charge in [0.15, 0.2) is 0 Å². The molecule has 0 spiro atoms. The Morgan fingerprint density at radius 3 is 2.46 bits per heavy atom. The lowest BCUT2D eigenvalue weighted by Gasteiger charge is -2.42. The molecule has 24 heavy (non-hydrogen) atoms. The number of amides is 1. The molecule has 4 heteroatoms. The van der Waals surface area contributed by atoms with E-state index in [-0.39, 0.29) is 17.7 Å². The van der Waals surface area contributed by atoms with Crippen molar-refractivity contribution in [2.45, 2.75) is 96.4 Å². The first-order valence-electron chi connectivity index (χ1n) is 9.38. The van der Waals surface area contributed by atoms with Crippen LogP contribution in [0.1, 0.15) is 73.1 Å². The van der Waals surface area contributed by atoms with Gasteiger partial charge in [0.25, 0.3) is 0 Å². The number of carbonyl (C=O) groups is 1. The van der Waals surface area contributed by atoms with Crippen molar-refractivity contribution in [2.75, 3.05) is 6.54 Å². The molecular weight excluding hydrogens is 300 g/mol. The van der Waals surface area contributed by atoms with E-state index in [1.807, 2.05) is 25.7 Å². The van der Waals surface area contributed by atoms with E-state index < -0.39 is 5.60 Å². The fraction of sp³-hybridized carbons (Fsp3) is 0.850. The molecule has 1 saturated carbocycles. The number of carbonyl (C=O) groups excluding carboxylic acids is 1. The van der Waals surface area contributed by atoms with Crippen molar-refractivity contribution in [2.24, 2.45) is 5.92 Å². The second-order valence-electron chi connectivity index (χ2n) is 8.85. The summed E-state index contributed by atoms with van der Waals surface area (Å²) in [5, 5.41) is 3.65. The summed E-state index contributed by atoms with van der Waals surface area (Å²) < 4.78 is 5.66. The normalized spacial score (nSPS) is 28.5. The zero-order valence-electron chi connectivity index (χ0n) is 16.0. The van der Waals surface area contributed by atoms with E-state index in [9.17, 15) is 4.79 Å². The molecule has 1 amide bonds. The van der Waals surface area contributed by atoms with Crippen LogP contribution in [-0.4, -0.2) is 40.8 Å². The Labute approximate surface area is 147 Å². The highest BCUT2D eigenvalue weighted by atomic mass is 16.6. The number of terminal acetylenes is 1. The lowest BCUT2D eigenvalue weighted by atomic mass is 9.86. The third-order valence-electron chi connectivity index (χ3n) is 5.15. The molecule has 1 heterocycles. The van der Waals surface area contributed by atoms with Crippen molar-refractivity contribution >= 4 is 6.09 Å². The van der Waals surface area contributed by atoms with Crippen LogP contribution in [0.15, 0.2) is 0 Å². The number of nitrogens with zero attached hydrogens (tertiary/aromatic N) is 1. The van der Waals surface area contributed by atoms with Crippen LogP contribution >= 0.6 is 0 Å². The van der Waals surface area contributed by atoms with Gasteiger partial charge >= 0.3 is 6.09 Å². The molecule has 1 aliphatic heterocycles. The third-order valence-corrected chi connectivity index (χ3v) is 5.15. The summed E-state index contributed by atoms with van der Waals surface area (Å²) in [6.45, 7) is 10.7. The van der Waals surface area contributed by atoms with E-state index in [4.69, 9.17) is 11.2 Å². The SMILES string of the molecule is C#CC(C)(C)NC1CCCC1C1CCCCN1C(=O)OC(C)(C)C. The molecule has 1 N–H and O–H groups in total. The lowest BCUT2D eigenvalue weighted by molar-refractivity contribution is -0.000491. The zero-order chi connectivity index (χ0) is 18.0. The van der Waals surface area contributed by atoms with E-state index in [0.717, 1.165) is 32.2 Å². The summed E-state index contributed by atoms with van der Waals surface area (Å²) in [5.74, 6) is 3.30. The lowest BCUT2D eigenvalue weighted by Crippen LogP contribution is -2.55. The van der Waals surface area contributed by atoms with Crippen molar-refractivity contribution in [3.8, 4) is 12.3 Å². The molecule has 0 aromatic heterocycles. The largest absolute Gasteiger partial charge is 0.444 e. The van der Waals surface area contributed by atoms with E-state index in [2.05, 4.69) is 25.1 Å². The minimum atomic E-state index is -0.447. The van der Waals surface area contributed by atoms with Gasteiger partial charge in [-0.1, -0.05) is 12.3 Å². The van der Waals surface area contributed by atoms with E-state index >= 15 is 0 Å². The van der Waals surface area contributed by atoms with Crippen LogP contribution in [0.25, 0.3) is 0 Å². The smallest absolute Gasteiger partial charge is 0.410 e. The van der Waals surface area contributed by atoms with Crippen LogP contribution in [0, 0.1) is 18.3 Å². The summed E-state index contributed by atoms with van der Waals surface area (Å²) >= 11 is 0. The number of ether oxygens (including phenoxy) is 1. The predicted molar refractivity (Wildman–Crippen MR) is 97.8 cm³/mol. The first-order valence-corrected chi connectivity index (χ1v) is 9.38. The Kier molecular flexibility index (Phi) is 5.86. The summed E-state index contributed by atoms with van der Waals surface area (Å²) in [4.78, 5) is 14.7. The van der Waals surface area contributed by atoms with Crippen LogP contribution in [0.4, 0.5) is 4.79 Å². The molecule has 3 atom stereocenters. The fourth-order valence-electron chi connectivity index (χ4n) is 4.08. The number of likely N-dealkylation sites (tertiary alicyclic amines) is 1. The molecule has 0 radical (unpaired) electrons. The molecule has 2 aliphatic rings. The van der Waals surface area contributed by atoms with Gasteiger partial charge in [-0.15, -0.1) is 6.42 Å². The second-order valence-corrected chi connectivity index (χ2v) is 8.85. The summed E-state index contributed by atoms with van der Waals surface area (Å²) in [5.41, 5.74) is -0.753. The average Bonchev–Trinajstić information content (AvgIpc) is 2.92. The monoisotopic (exact) mass is 334 g/mol. The van der Waals surface area contributed by atoms with Crippen molar-refractivity contribution in [1.29, 1.82) is 0 Å². The van der Waals surface area contributed by atoms with Crippen molar-refractivity contribution < 1.29 is 9.53 Å². The van der Waals surface area contributed by atoms with Crippen LogP contribution in [0.2, 0.25) is 0 Å². The Morgan fingerprint density at radius 1 is 1.12 bits per heavy atom. The molecule has 2 rings (SSSR count). The minimum Gasteiger partial charge on any atom is -0.444 e. The van der Waals surface area contributed by atoms with Gasteiger partial charge in [0, 0.05) is 18.6 Å². The molecule has 4 nitrogen and oxygen atoms in total. The maximum atomic E-state index is 12.7.